The number of hydrogen-bond acceptors (Lipinski definition) is 5. The zero-order valence-corrected chi connectivity index (χ0v) is 15.1. The highest BCUT2D eigenvalue weighted by Crippen LogP contribution is 2.30. The van der Waals surface area contributed by atoms with E-state index < -0.39 is 23.4 Å². The largest absolute Gasteiger partial charge is 0.497 e. The SMILES string of the molecule is COc1cccc(C(=O)NN2C(=O)N[C@](C)(c3cccc(OC)c3)C2=O)c1. The van der Waals surface area contributed by atoms with Gasteiger partial charge in [-0.2, -0.15) is 5.01 Å². The van der Waals surface area contributed by atoms with Crippen LogP contribution in [0.4, 0.5) is 4.79 Å². The molecule has 8 nitrogen and oxygen atoms in total. The average Bonchev–Trinajstić information content (AvgIpc) is 2.92. The average molecular weight is 369 g/mol. The van der Waals surface area contributed by atoms with Gasteiger partial charge in [0.1, 0.15) is 17.0 Å². The molecule has 0 aromatic heterocycles. The Labute approximate surface area is 156 Å². The molecule has 1 fully saturated rings. The van der Waals surface area contributed by atoms with Crippen LogP contribution in [0.1, 0.15) is 22.8 Å². The van der Waals surface area contributed by atoms with E-state index in [4.69, 9.17) is 9.47 Å². The third kappa shape index (κ3) is 3.29. The Kier molecular flexibility index (Phi) is 4.72. The summed E-state index contributed by atoms with van der Waals surface area (Å²) in [6.07, 6.45) is 0. The molecular formula is C19H19N3O5. The normalized spacial score (nSPS) is 18.9. The van der Waals surface area contributed by atoms with Crippen LogP contribution in [0.15, 0.2) is 48.5 Å². The molecule has 2 aromatic carbocycles. The fourth-order valence-corrected chi connectivity index (χ4v) is 2.80. The number of rotatable bonds is 5. The molecule has 0 spiro atoms. The lowest BCUT2D eigenvalue weighted by Crippen LogP contribution is -2.47. The molecule has 1 aliphatic heterocycles. The van der Waals surface area contributed by atoms with Crippen LogP contribution in [-0.4, -0.2) is 37.1 Å². The molecular weight excluding hydrogens is 350 g/mol. The van der Waals surface area contributed by atoms with Crippen molar-refractivity contribution in [2.24, 2.45) is 0 Å². The zero-order valence-electron chi connectivity index (χ0n) is 15.1. The summed E-state index contributed by atoms with van der Waals surface area (Å²) in [7, 11) is 2.99. The summed E-state index contributed by atoms with van der Waals surface area (Å²) in [5.41, 5.74) is 1.81. The number of carbonyl (C=O) groups is 3. The third-order valence-corrected chi connectivity index (χ3v) is 4.38. The molecule has 0 saturated carbocycles. The van der Waals surface area contributed by atoms with Crippen LogP contribution in [0.5, 0.6) is 11.5 Å². The van der Waals surface area contributed by atoms with Crippen molar-refractivity contribution in [1.82, 2.24) is 15.8 Å². The first-order chi connectivity index (χ1) is 12.9. The van der Waals surface area contributed by atoms with E-state index in [0.717, 1.165) is 0 Å². The highest BCUT2D eigenvalue weighted by atomic mass is 16.5. The van der Waals surface area contributed by atoms with Crippen LogP contribution >= 0.6 is 0 Å². The van der Waals surface area contributed by atoms with Crippen molar-refractivity contribution in [1.29, 1.82) is 0 Å². The number of ether oxygens (including phenoxy) is 2. The van der Waals surface area contributed by atoms with E-state index >= 15 is 0 Å². The van der Waals surface area contributed by atoms with Crippen molar-refractivity contribution in [3.8, 4) is 11.5 Å². The second kappa shape index (κ2) is 6.99. The lowest BCUT2D eigenvalue weighted by Gasteiger charge is -2.22. The highest BCUT2D eigenvalue weighted by molar-refractivity contribution is 6.09. The maximum absolute atomic E-state index is 12.9. The summed E-state index contributed by atoms with van der Waals surface area (Å²) >= 11 is 0. The van der Waals surface area contributed by atoms with E-state index in [1.165, 1.54) is 20.3 Å². The number of nitrogens with zero attached hydrogens (tertiary/aromatic N) is 1. The number of imide groups is 1. The van der Waals surface area contributed by atoms with Crippen molar-refractivity contribution in [3.05, 3.63) is 59.7 Å². The van der Waals surface area contributed by atoms with Crippen molar-refractivity contribution in [3.63, 3.8) is 0 Å². The molecule has 0 aliphatic carbocycles. The van der Waals surface area contributed by atoms with E-state index in [1.54, 1.807) is 49.4 Å². The first kappa shape index (κ1) is 18.2. The molecule has 3 rings (SSSR count). The highest BCUT2D eigenvalue weighted by Gasteiger charge is 2.50. The van der Waals surface area contributed by atoms with Crippen LogP contribution in [0.2, 0.25) is 0 Å². The maximum atomic E-state index is 12.9. The molecule has 27 heavy (non-hydrogen) atoms. The van der Waals surface area contributed by atoms with Crippen molar-refractivity contribution < 1.29 is 23.9 Å². The molecule has 0 radical (unpaired) electrons. The molecule has 1 aliphatic rings. The van der Waals surface area contributed by atoms with Gasteiger partial charge in [-0.3, -0.25) is 15.0 Å². The van der Waals surface area contributed by atoms with Gasteiger partial charge in [-0.1, -0.05) is 18.2 Å². The minimum atomic E-state index is -1.33. The Balaban J connectivity index is 1.84. The summed E-state index contributed by atoms with van der Waals surface area (Å²) in [6.45, 7) is 1.57. The Hall–Kier alpha value is -3.55. The molecule has 0 bridgehead atoms. The van der Waals surface area contributed by atoms with Crippen molar-refractivity contribution in [2.75, 3.05) is 14.2 Å². The van der Waals surface area contributed by atoms with Gasteiger partial charge in [0.15, 0.2) is 0 Å². The number of methoxy groups -OCH3 is 2. The topological polar surface area (TPSA) is 97.0 Å². The first-order valence-electron chi connectivity index (χ1n) is 8.15. The Morgan fingerprint density at radius 3 is 2.33 bits per heavy atom. The summed E-state index contributed by atoms with van der Waals surface area (Å²) < 4.78 is 10.3. The summed E-state index contributed by atoms with van der Waals surface area (Å²) in [5.74, 6) is -0.167. The third-order valence-electron chi connectivity index (χ3n) is 4.38. The Morgan fingerprint density at radius 2 is 1.67 bits per heavy atom. The quantitative estimate of drug-likeness (QED) is 0.784. The smallest absolute Gasteiger partial charge is 0.344 e. The van der Waals surface area contributed by atoms with Crippen LogP contribution < -0.4 is 20.2 Å². The lowest BCUT2D eigenvalue weighted by atomic mass is 9.92. The van der Waals surface area contributed by atoms with Crippen LogP contribution in [0, 0.1) is 0 Å². The molecule has 2 aromatic rings. The fourth-order valence-electron chi connectivity index (χ4n) is 2.80. The van der Waals surface area contributed by atoms with Gasteiger partial charge in [0, 0.05) is 5.56 Å². The predicted octanol–water partition coefficient (Wildman–Crippen LogP) is 1.82. The molecule has 1 heterocycles. The minimum absolute atomic E-state index is 0.255. The summed E-state index contributed by atoms with van der Waals surface area (Å²) in [4.78, 5) is 37.7. The van der Waals surface area contributed by atoms with Gasteiger partial charge < -0.3 is 14.8 Å². The van der Waals surface area contributed by atoms with E-state index in [1.807, 2.05) is 0 Å². The maximum Gasteiger partial charge on any atom is 0.344 e. The van der Waals surface area contributed by atoms with Gasteiger partial charge in [-0.05, 0) is 42.8 Å². The Morgan fingerprint density at radius 1 is 1.04 bits per heavy atom. The van der Waals surface area contributed by atoms with Crippen molar-refractivity contribution >= 4 is 17.8 Å². The van der Waals surface area contributed by atoms with Gasteiger partial charge in [-0.15, -0.1) is 0 Å². The summed E-state index contributed by atoms with van der Waals surface area (Å²) in [6, 6.07) is 12.5. The van der Waals surface area contributed by atoms with Crippen molar-refractivity contribution in [2.45, 2.75) is 12.5 Å². The van der Waals surface area contributed by atoms with Gasteiger partial charge in [0.2, 0.25) is 0 Å². The fraction of sp³-hybridized carbons (Fsp3) is 0.211. The van der Waals surface area contributed by atoms with Gasteiger partial charge in [0.05, 0.1) is 14.2 Å². The van der Waals surface area contributed by atoms with Crippen LogP contribution in [-0.2, 0) is 10.3 Å². The molecule has 1 saturated heterocycles. The van der Waals surface area contributed by atoms with E-state index in [9.17, 15) is 14.4 Å². The standard InChI is InChI=1S/C19H19N3O5/c1-19(13-7-5-9-15(11-13)27-3)17(24)22(18(25)20-19)21-16(23)12-6-4-8-14(10-12)26-2/h4-11H,1-3H3,(H,20,25)(H,21,23)/t19-/m1/s1. The molecule has 1 atom stereocenters. The number of hydrogen-bond donors (Lipinski definition) is 2. The second-order valence-corrected chi connectivity index (χ2v) is 6.10. The number of urea groups is 1. The van der Waals surface area contributed by atoms with E-state index in [2.05, 4.69) is 10.7 Å². The predicted molar refractivity (Wildman–Crippen MR) is 96.2 cm³/mol. The van der Waals surface area contributed by atoms with Crippen LogP contribution in [0.25, 0.3) is 0 Å². The number of nitrogens with one attached hydrogen (secondary N) is 2. The van der Waals surface area contributed by atoms with E-state index in [0.29, 0.717) is 22.1 Å². The molecule has 4 amide bonds. The number of benzene rings is 2. The van der Waals surface area contributed by atoms with Crippen LogP contribution in [0.3, 0.4) is 0 Å². The summed E-state index contributed by atoms with van der Waals surface area (Å²) in [5, 5.41) is 3.30. The lowest BCUT2D eigenvalue weighted by molar-refractivity contribution is -0.132. The molecule has 8 heteroatoms. The molecule has 140 valence electrons. The minimum Gasteiger partial charge on any atom is -0.497 e. The Bertz CT molecular complexity index is 914. The monoisotopic (exact) mass is 369 g/mol. The van der Waals surface area contributed by atoms with Gasteiger partial charge >= 0.3 is 6.03 Å². The number of hydrazine groups is 1. The van der Waals surface area contributed by atoms with Gasteiger partial charge in [0.25, 0.3) is 11.8 Å². The first-order valence-corrected chi connectivity index (χ1v) is 8.15. The number of amides is 4. The second-order valence-electron chi connectivity index (χ2n) is 6.10. The van der Waals surface area contributed by atoms with E-state index in [-0.39, 0.29) is 5.56 Å². The zero-order chi connectivity index (χ0) is 19.6. The number of carbonyl (C=O) groups excluding carboxylic acids is 3. The molecule has 2 N–H and O–H groups in total. The van der Waals surface area contributed by atoms with Gasteiger partial charge in [-0.25, -0.2) is 4.79 Å². The molecule has 0 unspecified atom stereocenters.